The number of ether oxygens (including phenoxy) is 1. The Morgan fingerprint density at radius 1 is 1.70 bits per heavy atom. The molecule has 0 aliphatic carbocycles. The summed E-state index contributed by atoms with van der Waals surface area (Å²) >= 11 is 0. The molecule has 1 unspecified atom stereocenters. The van der Waals surface area contributed by atoms with E-state index in [2.05, 4.69) is 10.2 Å². The molecule has 0 saturated heterocycles. The first-order chi connectivity index (χ1) is 4.70. The van der Waals surface area contributed by atoms with E-state index in [-0.39, 0.29) is 6.10 Å². The van der Waals surface area contributed by atoms with Gasteiger partial charge in [0.25, 0.3) is 0 Å². The van der Waals surface area contributed by atoms with Crippen LogP contribution in [0.2, 0.25) is 0 Å². The number of hydrogen-bond donors (Lipinski definition) is 1. The van der Waals surface area contributed by atoms with E-state index in [1.54, 1.807) is 0 Å². The minimum absolute atomic E-state index is 0.0269. The zero-order chi connectivity index (χ0) is 7.98. The normalized spacial score (nSPS) is 12.3. The van der Waals surface area contributed by atoms with Crippen molar-refractivity contribution in [3.05, 3.63) is 0 Å². The maximum atomic E-state index is 10.4. The highest BCUT2D eigenvalue weighted by atomic mass is 16.7. The molecule has 0 bridgehead atoms. The molecule has 0 fully saturated rings. The molecule has 1 amide bonds. The van der Waals surface area contributed by atoms with E-state index in [1.165, 1.54) is 7.11 Å². The summed E-state index contributed by atoms with van der Waals surface area (Å²) in [4.78, 5) is 15.2. The predicted molar refractivity (Wildman–Crippen MR) is 36.4 cm³/mol. The van der Waals surface area contributed by atoms with Gasteiger partial charge in [-0.3, -0.25) is 4.84 Å². The Morgan fingerprint density at radius 2 is 2.30 bits per heavy atom. The number of hydrogen-bond acceptors (Lipinski definition) is 3. The van der Waals surface area contributed by atoms with Crippen molar-refractivity contribution in [2.75, 3.05) is 7.11 Å². The Balaban J connectivity index is 3.26. The number of amides is 1. The van der Waals surface area contributed by atoms with Crippen LogP contribution in [-0.4, -0.2) is 19.3 Å². The first-order valence-electron chi connectivity index (χ1n) is 3.20. The molecule has 0 aromatic heterocycles. The van der Waals surface area contributed by atoms with Crippen LogP contribution in [0.1, 0.15) is 20.3 Å². The van der Waals surface area contributed by atoms with Gasteiger partial charge in [-0.1, -0.05) is 6.92 Å². The lowest BCUT2D eigenvalue weighted by atomic mass is 10.3. The molecule has 4 nitrogen and oxygen atoms in total. The average molecular weight is 147 g/mol. The van der Waals surface area contributed by atoms with Gasteiger partial charge < -0.3 is 4.74 Å². The van der Waals surface area contributed by atoms with E-state index in [0.717, 1.165) is 6.42 Å². The van der Waals surface area contributed by atoms with Gasteiger partial charge in [-0.25, -0.2) is 4.79 Å². The second-order valence-corrected chi connectivity index (χ2v) is 1.93. The van der Waals surface area contributed by atoms with Crippen molar-refractivity contribution in [1.82, 2.24) is 5.48 Å². The molecule has 0 aromatic carbocycles. The lowest BCUT2D eigenvalue weighted by Gasteiger charge is -2.08. The monoisotopic (exact) mass is 147 g/mol. The molecule has 60 valence electrons. The van der Waals surface area contributed by atoms with Crippen molar-refractivity contribution < 1.29 is 14.4 Å². The van der Waals surface area contributed by atoms with Gasteiger partial charge in [0.1, 0.15) is 0 Å². The maximum absolute atomic E-state index is 10.4. The highest BCUT2D eigenvalue weighted by Gasteiger charge is 2.01. The highest BCUT2D eigenvalue weighted by molar-refractivity contribution is 5.65. The molecule has 0 aliphatic heterocycles. The summed E-state index contributed by atoms with van der Waals surface area (Å²) in [5, 5.41) is 0. The lowest BCUT2D eigenvalue weighted by Crippen LogP contribution is -2.27. The minimum atomic E-state index is -0.569. The molecule has 0 heterocycles. The lowest BCUT2D eigenvalue weighted by molar-refractivity contribution is -0.0122. The number of methoxy groups -OCH3 is 1. The van der Waals surface area contributed by atoms with E-state index in [9.17, 15) is 4.79 Å². The zero-order valence-electron chi connectivity index (χ0n) is 6.51. The molecule has 1 N–H and O–H groups in total. The number of rotatable bonds is 3. The molecule has 1 atom stereocenters. The number of nitrogens with one attached hydrogen (secondary N) is 1. The topological polar surface area (TPSA) is 47.6 Å². The van der Waals surface area contributed by atoms with Crippen LogP contribution in [-0.2, 0) is 9.57 Å². The molecule has 10 heavy (non-hydrogen) atoms. The maximum Gasteiger partial charge on any atom is 0.431 e. The predicted octanol–water partition coefficient (Wildman–Crippen LogP) is 1.07. The molecule has 0 radical (unpaired) electrons. The summed E-state index contributed by atoms with van der Waals surface area (Å²) in [6, 6.07) is 0. The fraction of sp³-hybridized carbons (Fsp3) is 0.833. The Bertz CT molecular complexity index is 105. The summed E-state index contributed by atoms with van der Waals surface area (Å²) in [7, 11) is 1.29. The van der Waals surface area contributed by atoms with E-state index in [4.69, 9.17) is 4.84 Å². The third-order valence-corrected chi connectivity index (χ3v) is 1.10. The summed E-state index contributed by atoms with van der Waals surface area (Å²) in [5.74, 6) is 0. The van der Waals surface area contributed by atoms with Crippen LogP contribution in [0.4, 0.5) is 4.79 Å². The molecule has 0 aromatic rings. The van der Waals surface area contributed by atoms with E-state index < -0.39 is 6.09 Å². The number of carbonyl (C=O) groups is 1. The van der Waals surface area contributed by atoms with Gasteiger partial charge in [0.15, 0.2) is 0 Å². The molecule has 0 aliphatic rings. The van der Waals surface area contributed by atoms with E-state index in [0.29, 0.717) is 0 Å². The van der Waals surface area contributed by atoms with Gasteiger partial charge in [-0.2, -0.15) is 5.48 Å². The van der Waals surface area contributed by atoms with Crippen molar-refractivity contribution in [2.24, 2.45) is 0 Å². The largest absolute Gasteiger partial charge is 0.451 e. The first-order valence-corrected chi connectivity index (χ1v) is 3.20. The minimum Gasteiger partial charge on any atom is -0.451 e. The summed E-state index contributed by atoms with van der Waals surface area (Å²) < 4.78 is 4.27. The van der Waals surface area contributed by atoms with Crippen LogP contribution < -0.4 is 5.48 Å². The van der Waals surface area contributed by atoms with Crippen molar-refractivity contribution in [2.45, 2.75) is 26.4 Å². The van der Waals surface area contributed by atoms with Gasteiger partial charge in [-0.15, -0.1) is 0 Å². The van der Waals surface area contributed by atoms with Crippen LogP contribution in [0.25, 0.3) is 0 Å². The van der Waals surface area contributed by atoms with Gasteiger partial charge in [-0.05, 0) is 13.3 Å². The second-order valence-electron chi connectivity index (χ2n) is 1.93. The zero-order valence-corrected chi connectivity index (χ0v) is 6.51. The van der Waals surface area contributed by atoms with Gasteiger partial charge in [0.05, 0.1) is 13.2 Å². The third-order valence-electron chi connectivity index (χ3n) is 1.10. The van der Waals surface area contributed by atoms with Crippen LogP contribution in [0.15, 0.2) is 0 Å². The Morgan fingerprint density at radius 3 is 2.70 bits per heavy atom. The standard InChI is InChI=1S/C6H13NO3/c1-4-5(2)10-7-6(8)9-3/h5H,4H2,1-3H3,(H,7,8). The van der Waals surface area contributed by atoms with E-state index in [1.807, 2.05) is 13.8 Å². The van der Waals surface area contributed by atoms with Crippen LogP contribution >= 0.6 is 0 Å². The van der Waals surface area contributed by atoms with Crippen LogP contribution in [0.5, 0.6) is 0 Å². The smallest absolute Gasteiger partial charge is 0.431 e. The quantitative estimate of drug-likeness (QED) is 0.607. The SMILES string of the molecule is CCC(C)ONC(=O)OC. The van der Waals surface area contributed by atoms with Crippen LogP contribution in [0, 0.1) is 0 Å². The highest BCUT2D eigenvalue weighted by Crippen LogP contribution is 1.91. The third kappa shape index (κ3) is 4.14. The Kier molecular flexibility index (Phi) is 4.66. The molecule has 4 heteroatoms. The van der Waals surface area contributed by atoms with Gasteiger partial charge in [0.2, 0.25) is 0 Å². The Hall–Kier alpha value is -0.770. The van der Waals surface area contributed by atoms with Gasteiger partial charge >= 0.3 is 6.09 Å². The summed E-state index contributed by atoms with van der Waals surface area (Å²) in [6.07, 6.45) is 0.309. The van der Waals surface area contributed by atoms with Crippen molar-refractivity contribution in [3.63, 3.8) is 0 Å². The molecular formula is C6H13NO3. The van der Waals surface area contributed by atoms with Crippen molar-refractivity contribution in [3.8, 4) is 0 Å². The fourth-order valence-corrected chi connectivity index (χ4v) is 0.274. The summed E-state index contributed by atoms with van der Waals surface area (Å²) in [5.41, 5.74) is 2.12. The Labute approximate surface area is 60.5 Å². The molecular weight excluding hydrogens is 134 g/mol. The van der Waals surface area contributed by atoms with Crippen molar-refractivity contribution in [1.29, 1.82) is 0 Å². The van der Waals surface area contributed by atoms with Crippen LogP contribution in [0.3, 0.4) is 0 Å². The van der Waals surface area contributed by atoms with Crippen molar-refractivity contribution >= 4 is 6.09 Å². The number of carbonyl (C=O) groups excluding carboxylic acids is 1. The number of hydroxylamine groups is 1. The summed E-state index contributed by atoms with van der Waals surface area (Å²) in [6.45, 7) is 3.82. The van der Waals surface area contributed by atoms with E-state index >= 15 is 0 Å². The molecule has 0 saturated carbocycles. The molecule has 0 spiro atoms. The van der Waals surface area contributed by atoms with Gasteiger partial charge in [0, 0.05) is 0 Å². The first kappa shape index (κ1) is 9.23. The average Bonchev–Trinajstić information content (AvgIpc) is 1.99. The second kappa shape index (κ2) is 5.05. The fourth-order valence-electron chi connectivity index (χ4n) is 0.274. The molecule has 0 rings (SSSR count).